The molecule has 0 saturated heterocycles. The molecule has 0 saturated carbocycles. The lowest BCUT2D eigenvalue weighted by Gasteiger charge is -2.33. The van der Waals surface area contributed by atoms with E-state index in [1.54, 1.807) is 36.4 Å². The normalized spacial score (nSPS) is 13.3. The van der Waals surface area contributed by atoms with Gasteiger partial charge >= 0.3 is 0 Å². The van der Waals surface area contributed by atoms with Crippen molar-refractivity contribution in [1.29, 1.82) is 0 Å². The summed E-state index contributed by atoms with van der Waals surface area (Å²) in [5, 5.41) is 2.63. The zero-order chi connectivity index (χ0) is 28.0. The molecule has 39 heavy (non-hydrogen) atoms. The van der Waals surface area contributed by atoms with Gasteiger partial charge in [-0.1, -0.05) is 49.4 Å². The lowest BCUT2D eigenvalue weighted by Crippen LogP contribution is -2.51. The zero-order valence-electron chi connectivity index (χ0n) is 22.3. The molecular weight excluding hydrogens is 518 g/mol. The number of hydrogen-bond acceptors (Lipinski definition) is 6. The third kappa shape index (κ3) is 6.17. The van der Waals surface area contributed by atoms with Gasteiger partial charge in [0.25, 0.3) is 10.0 Å². The van der Waals surface area contributed by atoms with Crippen LogP contribution in [0, 0.1) is 6.92 Å². The molecule has 1 N–H and O–H groups in total. The van der Waals surface area contributed by atoms with E-state index in [9.17, 15) is 18.0 Å². The number of aryl methyl sites for hydroxylation is 1. The number of rotatable bonds is 10. The van der Waals surface area contributed by atoms with Gasteiger partial charge in [-0.2, -0.15) is 0 Å². The summed E-state index contributed by atoms with van der Waals surface area (Å²) in [4.78, 5) is 28.3. The van der Waals surface area contributed by atoms with Crippen molar-refractivity contribution in [2.24, 2.45) is 0 Å². The number of amides is 2. The number of sulfonamides is 1. The summed E-state index contributed by atoms with van der Waals surface area (Å²) >= 11 is 0. The molecule has 0 spiro atoms. The van der Waals surface area contributed by atoms with E-state index < -0.39 is 28.5 Å². The first-order valence-electron chi connectivity index (χ1n) is 12.8. The Balaban J connectivity index is 1.76. The number of hydrogen-bond donors (Lipinski definition) is 1. The van der Waals surface area contributed by atoms with Crippen molar-refractivity contribution in [2.75, 3.05) is 31.1 Å². The van der Waals surface area contributed by atoms with Crippen LogP contribution in [0.3, 0.4) is 0 Å². The van der Waals surface area contributed by atoms with Crippen LogP contribution < -0.4 is 19.1 Å². The molecule has 206 valence electrons. The fourth-order valence-electron chi connectivity index (χ4n) is 4.49. The first kappa shape index (κ1) is 28.0. The Hall–Kier alpha value is -4.05. The summed E-state index contributed by atoms with van der Waals surface area (Å²) in [7, 11) is -2.64. The molecule has 3 aromatic carbocycles. The topological polar surface area (TPSA) is 105 Å². The monoisotopic (exact) mass is 551 g/mol. The first-order valence-corrected chi connectivity index (χ1v) is 14.2. The van der Waals surface area contributed by atoms with Gasteiger partial charge in [-0.25, -0.2) is 8.42 Å². The first-order chi connectivity index (χ1) is 18.8. The molecule has 0 aromatic heterocycles. The second kappa shape index (κ2) is 12.2. The number of carbonyl (C=O) groups excluding carboxylic acids is 2. The fraction of sp³-hybridized carbons (Fsp3) is 0.310. The van der Waals surface area contributed by atoms with Crippen LogP contribution in [0.25, 0.3) is 0 Å². The van der Waals surface area contributed by atoms with Crippen molar-refractivity contribution < 1.29 is 27.5 Å². The van der Waals surface area contributed by atoms with Gasteiger partial charge in [-0.05, 0) is 48.7 Å². The smallest absolute Gasteiger partial charge is 0.264 e. The van der Waals surface area contributed by atoms with Crippen LogP contribution in [0.1, 0.15) is 24.5 Å². The standard InChI is InChI=1S/C29H33N3O6S/c1-4-25(29(34)30-3)31(19-22-11-9-8-10-21(22)2)28(33)20-32(39(35,36)24-12-6-5-7-13-24)23-14-15-26-27(18-23)38-17-16-37-26/h5-15,18,25H,4,16-17,19-20H2,1-3H3,(H,30,34)/t25-/m0/s1. The average Bonchev–Trinajstić information content (AvgIpc) is 2.96. The molecule has 1 aliphatic heterocycles. The van der Waals surface area contributed by atoms with Crippen molar-refractivity contribution in [3.8, 4) is 11.5 Å². The van der Waals surface area contributed by atoms with E-state index in [4.69, 9.17) is 9.47 Å². The summed E-state index contributed by atoms with van der Waals surface area (Å²) in [6.45, 7) is 4.10. The molecule has 4 rings (SSSR count). The quantitative estimate of drug-likeness (QED) is 0.414. The molecule has 10 heteroatoms. The number of carbonyl (C=O) groups is 2. The van der Waals surface area contributed by atoms with E-state index >= 15 is 0 Å². The predicted molar refractivity (Wildman–Crippen MR) is 148 cm³/mol. The number of nitrogens with one attached hydrogen (secondary N) is 1. The Kier molecular flexibility index (Phi) is 8.75. The predicted octanol–water partition coefficient (Wildman–Crippen LogP) is 3.51. The van der Waals surface area contributed by atoms with Crippen LogP contribution in [-0.2, 0) is 26.2 Å². The molecule has 1 aliphatic rings. The summed E-state index contributed by atoms with van der Waals surface area (Å²) in [6, 6.07) is 19.5. The summed E-state index contributed by atoms with van der Waals surface area (Å²) < 4.78 is 40.2. The van der Waals surface area contributed by atoms with Crippen LogP contribution in [0.5, 0.6) is 11.5 Å². The maximum absolute atomic E-state index is 14.0. The van der Waals surface area contributed by atoms with Crippen LogP contribution in [0.2, 0.25) is 0 Å². The third-order valence-electron chi connectivity index (χ3n) is 6.66. The SMILES string of the molecule is CC[C@@H](C(=O)NC)N(Cc1ccccc1C)C(=O)CN(c1ccc2c(c1)OCCO2)S(=O)(=O)c1ccccc1. The van der Waals surface area contributed by atoms with Crippen LogP contribution in [-0.4, -0.2) is 58.0 Å². The molecule has 3 aromatic rings. The Labute approximate surface area is 229 Å². The van der Waals surface area contributed by atoms with Crippen molar-refractivity contribution in [2.45, 2.75) is 37.8 Å². The molecule has 0 bridgehead atoms. The molecule has 0 aliphatic carbocycles. The highest BCUT2D eigenvalue weighted by molar-refractivity contribution is 7.92. The summed E-state index contributed by atoms with van der Waals surface area (Å²) in [5.74, 6) is 0.0626. The number of likely N-dealkylation sites (N-methyl/N-ethyl adjacent to an activating group) is 1. The maximum atomic E-state index is 14.0. The van der Waals surface area contributed by atoms with E-state index in [1.807, 2.05) is 38.1 Å². The molecule has 0 fully saturated rings. The number of fused-ring (bicyclic) bond motifs is 1. The molecule has 0 unspecified atom stereocenters. The van der Waals surface area contributed by atoms with Crippen molar-refractivity contribution in [3.63, 3.8) is 0 Å². The lowest BCUT2D eigenvalue weighted by molar-refractivity contribution is -0.140. The Bertz CT molecular complexity index is 1430. The van der Waals surface area contributed by atoms with Crippen molar-refractivity contribution >= 4 is 27.5 Å². The van der Waals surface area contributed by atoms with E-state index in [0.29, 0.717) is 31.1 Å². The zero-order valence-corrected chi connectivity index (χ0v) is 23.1. The van der Waals surface area contributed by atoms with Crippen molar-refractivity contribution in [1.82, 2.24) is 10.2 Å². The molecular formula is C29H33N3O6S. The Morgan fingerprint density at radius 2 is 1.62 bits per heavy atom. The number of anilines is 1. The molecule has 0 radical (unpaired) electrons. The van der Waals surface area contributed by atoms with Crippen LogP contribution in [0.4, 0.5) is 5.69 Å². The van der Waals surface area contributed by atoms with Crippen LogP contribution in [0.15, 0.2) is 77.7 Å². The highest BCUT2D eigenvalue weighted by atomic mass is 32.2. The molecule has 1 atom stereocenters. The fourth-order valence-corrected chi connectivity index (χ4v) is 5.92. The van der Waals surface area contributed by atoms with Gasteiger partial charge in [0, 0.05) is 19.7 Å². The minimum Gasteiger partial charge on any atom is -0.486 e. The average molecular weight is 552 g/mol. The van der Waals surface area contributed by atoms with Gasteiger partial charge in [0.1, 0.15) is 25.8 Å². The second-order valence-electron chi connectivity index (χ2n) is 9.14. The summed E-state index contributed by atoms with van der Waals surface area (Å²) in [6.07, 6.45) is 0.354. The van der Waals surface area contributed by atoms with Gasteiger partial charge < -0.3 is 19.7 Å². The summed E-state index contributed by atoms with van der Waals surface area (Å²) in [5.41, 5.74) is 2.08. The Morgan fingerprint density at radius 3 is 2.28 bits per heavy atom. The minimum atomic E-state index is -4.16. The van der Waals surface area contributed by atoms with Crippen LogP contribution >= 0.6 is 0 Å². The third-order valence-corrected chi connectivity index (χ3v) is 8.45. The molecule has 1 heterocycles. The van der Waals surface area contributed by atoms with E-state index in [0.717, 1.165) is 15.4 Å². The van der Waals surface area contributed by atoms with E-state index in [-0.39, 0.29) is 23.0 Å². The highest BCUT2D eigenvalue weighted by Gasteiger charge is 2.34. The van der Waals surface area contributed by atoms with Gasteiger partial charge in [0.05, 0.1) is 10.6 Å². The van der Waals surface area contributed by atoms with Crippen molar-refractivity contribution in [3.05, 3.63) is 83.9 Å². The largest absolute Gasteiger partial charge is 0.486 e. The molecule has 9 nitrogen and oxygen atoms in total. The van der Waals surface area contributed by atoms with E-state index in [2.05, 4.69) is 5.32 Å². The number of benzene rings is 3. The van der Waals surface area contributed by atoms with Gasteiger partial charge in [0.2, 0.25) is 11.8 Å². The van der Waals surface area contributed by atoms with Gasteiger partial charge in [-0.15, -0.1) is 0 Å². The highest BCUT2D eigenvalue weighted by Crippen LogP contribution is 2.36. The lowest BCUT2D eigenvalue weighted by atomic mass is 10.1. The van der Waals surface area contributed by atoms with E-state index in [1.165, 1.54) is 24.1 Å². The second-order valence-corrected chi connectivity index (χ2v) is 11.0. The number of nitrogens with zero attached hydrogens (tertiary/aromatic N) is 2. The minimum absolute atomic E-state index is 0.0384. The number of ether oxygens (including phenoxy) is 2. The Morgan fingerprint density at radius 1 is 0.949 bits per heavy atom. The maximum Gasteiger partial charge on any atom is 0.264 e. The van der Waals surface area contributed by atoms with Gasteiger partial charge in [0.15, 0.2) is 11.5 Å². The van der Waals surface area contributed by atoms with Gasteiger partial charge in [-0.3, -0.25) is 13.9 Å². The molecule has 2 amide bonds.